The summed E-state index contributed by atoms with van der Waals surface area (Å²) < 4.78 is 5.63. The lowest BCUT2D eigenvalue weighted by atomic mass is 9.67. The molecule has 0 rings (SSSR count). The zero-order chi connectivity index (χ0) is 14.6. The summed E-state index contributed by atoms with van der Waals surface area (Å²) in [6.07, 6.45) is 3.58. The van der Waals surface area contributed by atoms with Crippen molar-refractivity contribution < 1.29 is 9.53 Å². The first-order chi connectivity index (χ1) is 8.06. The Balaban J connectivity index is 4.83. The molecule has 0 heterocycles. The third kappa shape index (κ3) is 4.15. The fourth-order valence-corrected chi connectivity index (χ4v) is 1.91. The summed E-state index contributed by atoms with van der Waals surface area (Å²) in [5, 5.41) is 0. The van der Waals surface area contributed by atoms with E-state index in [2.05, 4.69) is 34.3 Å². The molecule has 0 aromatic rings. The molecule has 2 heteroatoms. The van der Waals surface area contributed by atoms with Gasteiger partial charge in [-0.1, -0.05) is 53.5 Å². The van der Waals surface area contributed by atoms with E-state index in [0.717, 1.165) is 6.42 Å². The molecule has 0 aromatic heterocycles. The molecule has 2 nitrogen and oxygen atoms in total. The zero-order valence-electron chi connectivity index (χ0n) is 13.2. The summed E-state index contributed by atoms with van der Waals surface area (Å²) in [5.41, 5.74) is -0.0937. The Hall–Kier alpha value is -0.790. The summed E-state index contributed by atoms with van der Waals surface area (Å²) in [6.45, 7) is 18.1. The maximum absolute atomic E-state index is 11.7. The average molecular weight is 254 g/mol. The minimum atomic E-state index is -0.490. The number of carbonyl (C=O) groups excluding carboxylic acids is 1. The van der Waals surface area contributed by atoms with Crippen molar-refractivity contribution in [2.45, 2.75) is 73.3 Å². The molecule has 0 N–H and O–H groups in total. The summed E-state index contributed by atoms with van der Waals surface area (Å²) in [5.74, 6) is 0.209. The summed E-state index contributed by atoms with van der Waals surface area (Å²) in [7, 11) is 0. The number of hydrogen-bond acceptors (Lipinski definition) is 2. The number of ether oxygens (including phenoxy) is 1. The van der Waals surface area contributed by atoms with Crippen LogP contribution in [-0.2, 0) is 9.53 Å². The SMILES string of the molecule is C=C(C)C(=O)OC(C)(C)C(C)(C)C(C)CCCC. The number of hydrogen-bond donors (Lipinski definition) is 0. The van der Waals surface area contributed by atoms with Crippen LogP contribution in [0.5, 0.6) is 0 Å². The van der Waals surface area contributed by atoms with Crippen molar-refractivity contribution >= 4 is 5.97 Å². The van der Waals surface area contributed by atoms with E-state index in [1.165, 1.54) is 12.8 Å². The third-order valence-electron chi connectivity index (χ3n) is 4.47. The molecule has 0 aromatic carbocycles. The van der Waals surface area contributed by atoms with Crippen LogP contribution in [0.3, 0.4) is 0 Å². The summed E-state index contributed by atoms with van der Waals surface area (Å²) in [4.78, 5) is 11.7. The first-order valence-electron chi connectivity index (χ1n) is 6.95. The van der Waals surface area contributed by atoms with Crippen LogP contribution in [0.15, 0.2) is 12.2 Å². The Morgan fingerprint density at radius 2 is 1.78 bits per heavy atom. The number of carbonyl (C=O) groups is 1. The fourth-order valence-electron chi connectivity index (χ4n) is 1.91. The second-order valence-electron chi connectivity index (χ2n) is 6.45. The Morgan fingerprint density at radius 3 is 2.17 bits per heavy atom. The van der Waals surface area contributed by atoms with Gasteiger partial charge in [0, 0.05) is 11.0 Å². The highest BCUT2D eigenvalue weighted by Crippen LogP contribution is 2.42. The fraction of sp³-hybridized carbons (Fsp3) is 0.812. The maximum atomic E-state index is 11.7. The smallest absolute Gasteiger partial charge is 0.333 e. The normalized spacial score (nSPS) is 14.2. The van der Waals surface area contributed by atoms with Crippen LogP contribution in [0.1, 0.15) is 67.7 Å². The molecule has 0 radical (unpaired) electrons. The summed E-state index contributed by atoms with van der Waals surface area (Å²) >= 11 is 0. The highest BCUT2D eigenvalue weighted by molar-refractivity contribution is 5.87. The molecule has 1 atom stereocenters. The third-order valence-corrected chi connectivity index (χ3v) is 4.47. The standard InChI is InChI=1S/C16H30O2/c1-9-10-11-13(4)15(5,6)16(7,8)18-14(17)12(2)3/h13H,2,9-11H2,1,3-8H3. The first-order valence-corrected chi connectivity index (χ1v) is 6.95. The van der Waals surface area contributed by atoms with Crippen LogP contribution in [0.25, 0.3) is 0 Å². The molecule has 0 aliphatic carbocycles. The Kier molecular flexibility index (Phi) is 6.12. The van der Waals surface area contributed by atoms with Crippen molar-refractivity contribution in [2.24, 2.45) is 11.3 Å². The van der Waals surface area contributed by atoms with E-state index in [9.17, 15) is 4.79 Å². The van der Waals surface area contributed by atoms with E-state index < -0.39 is 5.60 Å². The molecular weight excluding hydrogens is 224 g/mol. The monoisotopic (exact) mass is 254 g/mol. The topological polar surface area (TPSA) is 26.3 Å². The van der Waals surface area contributed by atoms with Crippen LogP contribution in [0.2, 0.25) is 0 Å². The van der Waals surface area contributed by atoms with Gasteiger partial charge in [-0.25, -0.2) is 4.79 Å². The highest BCUT2D eigenvalue weighted by Gasteiger charge is 2.43. The van der Waals surface area contributed by atoms with Crippen LogP contribution in [0.4, 0.5) is 0 Å². The highest BCUT2D eigenvalue weighted by atomic mass is 16.6. The quantitative estimate of drug-likeness (QED) is 0.484. The van der Waals surface area contributed by atoms with E-state index in [-0.39, 0.29) is 11.4 Å². The Bertz CT molecular complexity index is 300. The molecular formula is C16H30O2. The second kappa shape index (κ2) is 6.40. The minimum absolute atomic E-state index is 0.0622. The van der Waals surface area contributed by atoms with E-state index in [4.69, 9.17) is 4.74 Å². The Labute approximate surface area is 113 Å². The lowest BCUT2D eigenvalue weighted by Gasteiger charge is -2.45. The van der Waals surface area contributed by atoms with Crippen LogP contribution < -0.4 is 0 Å². The first kappa shape index (κ1) is 17.2. The van der Waals surface area contributed by atoms with Crippen molar-refractivity contribution in [3.8, 4) is 0 Å². The van der Waals surface area contributed by atoms with Gasteiger partial charge in [0.05, 0.1) is 0 Å². The number of unbranched alkanes of at least 4 members (excludes halogenated alkanes) is 1. The molecule has 0 fully saturated rings. The van der Waals surface area contributed by atoms with Gasteiger partial charge in [0.1, 0.15) is 5.60 Å². The van der Waals surface area contributed by atoms with Gasteiger partial charge in [0.2, 0.25) is 0 Å². The minimum Gasteiger partial charge on any atom is -0.456 e. The van der Waals surface area contributed by atoms with Gasteiger partial charge in [-0.15, -0.1) is 0 Å². The lowest BCUT2D eigenvalue weighted by molar-refractivity contribution is -0.168. The van der Waals surface area contributed by atoms with Crippen molar-refractivity contribution in [1.82, 2.24) is 0 Å². The predicted octanol–water partition coefficient (Wildman–Crippen LogP) is 4.74. The van der Waals surface area contributed by atoms with Gasteiger partial charge >= 0.3 is 5.97 Å². The molecule has 0 saturated carbocycles. The van der Waals surface area contributed by atoms with Crippen LogP contribution >= 0.6 is 0 Å². The van der Waals surface area contributed by atoms with Crippen molar-refractivity contribution in [1.29, 1.82) is 0 Å². The van der Waals surface area contributed by atoms with Gasteiger partial charge < -0.3 is 4.74 Å². The van der Waals surface area contributed by atoms with Crippen LogP contribution in [0, 0.1) is 11.3 Å². The largest absolute Gasteiger partial charge is 0.456 e. The molecule has 1 unspecified atom stereocenters. The zero-order valence-corrected chi connectivity index (χ0v) is 13.2. The summed E-state index contributed by atoms with van der Waals surface area (Å²) in [6, 6.07) is 0. The molecule has 0 amide bonds. The molecule has 106 valence electrons. The molecule has 18 heavy (non-hydrogen) atoms. The van der Waals surface area contributed by atoms with Gasteiger partial charge in [0.25, 0.3) is 0 Å². The van der Waals surface area contributed by atoms with E-state index in [1.54, 1.807) is 6.92 Å². The average Bonchev–Trinajstić information content (AvgIpc) is 2.24. The van der Waals surface area contributed by atoms with Crippen molar-refractivity contribution in [3.63, 3.8) is 0 Å². The van der Waals surface area contributed by atoms with Crippen molar-refractivity contribution in [3.05, 3.63) is 12.2 Å². The second-order valence-corrected chi connectivity index (χ2v) is 6.45. The van der Waals surface area contributed by atoms with E-state index in [1.807, 2.05) is 13.8 Å². The Morgan fingerprint density at radius 1 is 1.28 bits per heavy atom. The van der Waals surface area contributed by atoms with Crippen LogP contribution in [-0.4, -0.2) is 11.6 Å². The van der Waals surface area contributed by atoms with Gasteiger partial charge in [-0.2, -0.15) is 0 Å². The number of esters is 1. The van der Waals surface area contributed by atoms with Crippen molar-refractivity contribution in [2.75, 3.05) is 0 Å². The van der Waals surface area contributed by atoms with Gasteiger partial charge in [-0.3, -0.25) is 0 Å². The van der Waals surface area contributed by atoms with Gasteiger partial charge in [-0.05, 0) is 26.7 Å². The lowest BCUT2D eigenvalue weighted by Crippen LogP contribution is -2.47. The molecule has 0 aliphatic rings. The molecule has 0 saturated heterocycles. The molecule has 0 spiro atoms. The molecule has 0 aliphatic heterocycles. The number of rotatable bonds is 7. The van der Waals surface area contributed by atoms with E-state index >= 15 is 0 Å². The van der Waals surface area contributed by atoms with Gasteiger partial charge in [0.15, 0.2) is 0 Å². The predicted molar refractivity (Wildman–Crippen MR) is 77.5 cm³/mol. The maximum Gasteiger partial charge on any atom is 0.333 e. The molecule has 0 bridgehead atoms. The van der Waals surface area contributed by atoms with E-state index in [0.29, 0.717) is 11.5 Å².